The number of carbonyl (C=O) groups is 3. The molecule has 7 heteroatoms. The van der Waals surface area contributed by atoms with E-state index >= 15 is 0 Å². The molecule has 4 rings (SSSR count). The van der Waals surface area contributed by atoms with Gasteiger partial charge in [0.05, 0.1) is 10.5 Å². The van der Waals surface area contributed by atoms with Gasteiger partial charge in [0.15, 0.2) is 23.1 Å². The molecule has 134 valence electrons. The molecule has 27 heavy (non-hydrogen) atoms. The molecule has 0 unspecified atom stereocenters. The van der Waals surface area contributed by atoms with Gasteiger partial charge in [-0.25, -0.2) is 8.42 Å². The van der Waals surface area contributed by atoms with Crippen molar-refractivity contribution in [3.05, 3.63) is 82.8 Å². The molecule has 0 amide bonds. The summed E-state index contributed by atoms with van der Waals surface area (Å²) in [5, 5.41) is 0. The quantitative estimate of drug-likeness (QED) is 0.507. The summed E-state index contributed by atoms with van der Waals surface area (Å²) < 4.78 is 31.7. The molecule has 0 N–H and O–H groups in total. The predicted molar refractivity (Wildman–Crippen MR) is 93.9 cm³/mol. The zero-order chi connectivity index (χ0) is 19.3. The van der Waals surface area contributed by atoms with Crippen molar-refractivity contribution in [1.29, 1.82) is 0 Å². The highest BCUT2D eigenvalue weighted by atomic mass is 32.2. The number of fused-ring (bicyclic) bond motifs is 2. The summed E-state index contributed by atoms with van der Waals surface area (Å²) in [6.45, 7) is 1.12. The Morgan fingerprint density at radius 1 is 0.852 bits per heavy atom. The van der Waals surface area contributed by atoms with E-state index < -0.39 is 43.6 Å². The Labute approximate surface area is 154 Å². The van der Waals surface area contributed by atoms with Crippen LogP contribution in [0.15, 0.2) is 68.8 Å². The molecule has 0 radical (unpaired) electrons. The second kappa shape index (κ2) is 5.85. The highest BCUT2D eigenvalue weighted by molar-refractivity contribution is 7.91. The van der Waals surface area contributed by atoms with Crippen molar-refractivity contribution >= 4 is 27.2 Å². The van der Waals surface area contributed by atoms with Crippen LogP contribution in [0.1, 0.15) is 49.5 Å². The van der Waals surface area contributed by atoms with E-state index in [1.807, 2.05) is 0 Å². The van der Waals surface area contributed by atoms with Crippen LogP contribution in [0.3, 0.4) is 0 Å². The van der Waals surface area contributed by atoms with E-state index in [0.29, 0.717) is 0 Å². The fraction of sp³-hybridized carbons (Fsp3) is 0.0500. The second-order valence-electron chi connectivity index (χ2n) is 6.04. The first kappa shape index (κ1) is 17.1. The van der Waals surface area contributed by atoms with E-state index in [1.165, 1.54) is 36.4 Å². The Balaban J connectivity index is 2.08. The minimum Gasteiger partial charge on any atom is -0.447 e. The summed E-state index contributed by atoms with van der Waals surface area (Å²) in [4.78, 5) is 37.2. The molecule has 2 aromatic carbocycles. The third-order valence-corrected chi connectivity index (χ3v) is 6.18. The first-order valence-electron chi connectivity index (χ1n) is 8.00. The molecule has 1 heterocycles. The van der Waals surface area contributed by atoms with Crippen molar-refractivity contribution in [1.82, 2.24) is 0 Å². The highest BCUT2D eigenvalue weighted by Crippen LogP contribution is 2.38. The lowest BCUT2D eigenvalue weighted by Crippen LogP contribution is -2.21. The minimum absolute atomic E-state index is 0.0791. The van der Waals surface area contributed by atoms with Gasteiger partial charge in [-0.05, 0) is 12.1 Å². The number of carbonyl (C=O) groups excluding carboxylic acids is 3. The molecule has 0 atom stereocenters. The van der Waals surface area contributed by atoms with Crippen LogP contribution in [0.4, 0.5) is 0 Å². The van der Waals surface area contributed by atoms with Gasteiger partial charge in [-0.1, -0.05) is 42.5 Å². The average Bonchev–Trinajstić information content (AvgIpc) is 3.09. The lowest BCUT2D eigenvalue weighted by atomic mass is 9.88. The van der Waals surface area contributed by atoms with Gasteiger partial charge in [0, 0.05) is 18.1 Å². The van der Waals surface area contributed by atoms with Gasteiger partial charge in [-0.2, -0.15) is 0 Å². The van der Waals surface area contributed by atoms with Gasteiger partial charge < -0.3 is 4.42 Å². The smallest absolute Gasteiger partial charge is 0.229 e. The molecule has 0 saturated carbocycles. The second-order valence-corrected chi connectivity index (χ2v) is 7.93. The fourth-order valence-corrected chi connectivity index (χ4v) is 4.76. The van der Waals surface area contributed by atoms with E-state index in [1.54, 1.807) is 18.2 Å². The van der Waals surface area contributed by atoms with Gasteiger partial charge in [0.1, 0.15) is 4.90 Å². The van der Waals surface area contributed by atoms with Crippen LogP contribution in [-0.4, -0.2) is 25.8 Å². The van der Waals surface area contributed by atoms with Crippen LogP contribution in [0.5, 0.6) is 0 Å². The molecule has 0 bridgehead atoms. The zero-order valence-electron chi connectivity index (χ0n) is 14.1. The third-order valence-electron chi connectivity index (χ3n) is 4.36. The SMILES string of the molecule is CC(=O)c1oc2c(c1S(=O)(=O)c1ccccc1)C(=O)c1ccccc1C2=O. The number of hydrogen-bond donors (Lipinski definition) is 0. The van der Waals surface area contributed by atoms with Gasteiger partial charge in [-0.3, -0.25) is 14.4 Å². The van der Waals surface area contributed by atoms with Crippen LogP contribution in [0, 0.1) is 0 Å². The monoisotopic (exact) mass is 380 g/mol. The molecule has 0 fully saturated rings. The largest absolute Gasteiger partial charge is 0.447 e. The van der Waals surface area contributed by atoms with E-state index in [9.17, 15) is 22.8 Å². The molecule has 0 spiro atoms. The normalized spacial score (nSPS) is 13.2. The fourth-order valence-electron chi connectivity index (χ4n) is 3.12. The maximum atomic E-state index is 13.2. The maximum absolute atomic E-state index is 13.2. The molecule has 0 aliphatic heterocycles. The summed E-state index contributed by atoms with van der Waals surface area (Å²) in [7, 11) is -4.26. The van der Waals surface area contributed by atoms with E-state index in [2.05, 4.69) is 0 Å². The van der Waals surface area contributed by atoms with Crippen LogP contribution in [0.25, 0.3) is 0 Å². The Hall–Kier alpha value is -3.32. The number of hydrogen-bond acceptors (Lipinski definition) is 6. The molecular weight excluding hydrogens is 368 g/mol. The summed E-state index contributed by atoms with van der Waals surface area (Å²) >= 11 is 0. The Kier molecular flexibility index (Phi) is 3.71. The van der Waals surface area contributed by atoms with Crippen molar-refractivity contribution in [3.63, 3.8) is 0 Å². The number of Topliss-reactive ketones (excluding diaryl/α,β-unsaturated/α-hetero) is 1. The average molecular weight is 380 g/mol. The van der Waals surface area contributed by atoms with E-state index in [4.69, 9.17) is 4.42 Å². The number of ketones is 3. The zero-order valence-corrected chi connectivity index (χ0v) is 14.9. The number of furan rings is 1. The van der Waals surface area contributed by atoms with Crippen LogP contribution >= 0.6 is 0 Å². The third kappa shape index (κ3) is 2.39. The van der Waals surface area contributed by atoms with Gasteiger partial charge in [0.25, 0.3) is 0 Å². The van der Waals surface area contributed by atoms with Crippen molar-refractivity contribution in [3.8, 4) is 0 Å². The van der Waals surface area contributed by atoms with Gasteiger partial charge in [-0.15, -0.1) is 0 Å². The van der Waals surface area contributed by atoms with E-state index in [0.717, 1.165) is 6.92 Å². The summed E-state index contributed by atoms with van der Waals surface area (Å²) in [5.41, 5.74) is -0.189. The van der Waals surface area contributed by atoms with Crippen molar-refractivity contribution < 1.29 is 27.2 Å². The Bertz CT molecular complexity index is 1230. The standard InChI is InChI=1S/C20H12O6S/c1-11(21)18-20(27(24,25)12-7-3-2-4-8-12)15-16(22)13-9-5-6-10-14(13)17(23)19(15)26-18/h2-10H,1H3. The topological polar surface area (TPSA) is 98.5 Å². The predicted octanol–water partition coefficient (Wildman–Crippen LogP) is 3.09. The number of sulfone groups is 1. The van der Waals surface area contributed by atoms with Crippen molar-refractivity contribution in [2.75, 3.05) is 0 Å². The van der Waals surface area contributed by atoms with Gasteiger partial charge in [0.2, 0.25) is 15.6 Å². The van der Waals surface area contributed by atoms with Gasteiger partial charge >= 0.3 is 0 Å². The van der Waals surface area contributed by atoms with Crippen LogP contribution < -0.4 is 0 Å². The molecule has 1 aliphatic rings. The number of rotatable bonds is 3. The molecule has 3 aromatic rings. The molecule has 1 aromatic heterocycles. The summed E-state index contributed by atoms with van der Waals surface area (Å²) in [6, 6.07) is 13.4. The van der Waals surface area contributed by atoms with Crippen molar-refractivity contribution in [2.24, 2.45) is 0 Å². The molecule has 6 nitrogen and oxygen atoms in total. The van der Waals surface area contributed by atoms with Crippen LogP contribution in [0.2, 0.25) is 0 Å². The molecule has 1 aliphatic carbocycles. The first-order valence-corrected chi connectivity index (χ1v) is 9.48. The molecule has 0 saturated heterocycles. The minimum atomic E-state index is -4.26. The highest BCUT2D eigenvalue weighted by Gasteiger charge is 2.42. The maximum Gasteiger partial charge on any atom is 0.229 e. The molecular formula is C20H12O6S. The lowest BCUT2D eigenvalue weighted by molar-refractivity contribution is 0.0947. The Morgan fingerprint density at radius 3 is 2.00 bits per heavy atom. The Morgan fingerprint density at radius 2 is 1.41 bits per heavy atom. The van der Waals surface area contributed by atoms with Crippen LogP contribution in [-0.2, 0) is 9.84 Å². The summed E-state index contributed by atoms with van der Waals surface area (Å²) in [6.07, 6.45) is 0. The van der Waals surface area contributed by atoms with Crippen molar-refractivity contribution in [2.45, 2.75) is 16.7 Å². The number of benzene rings is 2. The van der Waals surface area contributed by atoms with E-state index in [-0.39, 0.29) is 21.6 Å². The first-order chi connectivity index (χ1) is 12.8. The lowest BCUT2D eigenvalue weighted by Gasteiger charge is -2.14. The summed E-state index contributed by atoms with van der Waals surface area (Å²) in [5.74, 6) is -2.91.